The van der Waals surface area contributed by atoms with Gasteiger partial charge >= 0.3 is 0 Å². The van der Waals surface area contributed by atoms with Crippen LogP contribution in [0.3, 0.4) is 0 Å². The molecule has 7 aromatic rings. The number of allylic oxidation sites excluding steroid dienone is 4. The van der Waals surface area contributed by atoms with Crippen LogP contribution >= 0.6 is 0 Å². The molecule has 9 rings (SSSR count). The topological polar surface area (TPSA) is 34.2 Å². The van der Waals surface area contributed by atoms with Gasteiger partial charge in [-0.25, -0.2) is 4.98 Å². The second-order valence-corrected chi connectivity index (χ2v) is 10.8. The molecular weight excluding hydrogens is 502 g/mol. The van der Waals surface area contributed by atoms with Gasteiger partial charge in [0.1, 0.15) is 5.58 Å². The van der Waals surface area contributed by atoms with Gasteiger partial charge in [-0.2, -0.15) is 0 Å². The Morgan fingerprint density at radius 1 is 0.707 bits per heavy atom. The molecule has 4 heteroatoms. The number of hydrogen-bond acceptors (Lipinski definition) is 3. The highest BCUT2D eigenvalue weighted by atomic mass is 16.3. The average Bonchev–Trinajstić information content (AvgIpc) is 3.54. The quantitative estimate of drug-likeness (QED) is 0.225. The van der Waals surface area contributed by atoms with E-state index in [9.17, 15) is 0 Å². The van der Waals surface area contributed by atoms with Gasteiger partial charge in [0.25, 0.3) is 0 Å². The summed E-state index contributed by atoms with van der Waals surface area (Å²) in [7, 11) is 0. The fourth-order valence-electron chi connectivity index (χ4n) is 6.68. The summed E-state index contributed by atoms with van der Waals surface area (Å²) in [5, 5.41) is 4.55. The molecule has 0 saturated heterocycles. The monoisotopic (exact) mass is 527 g/mol. The number of fused-ring (bicyclic) bond motifs is 9. The summed E-state index contributed by atoms with van der Waals surface area (Å²) in [6.45, 7) is 0. The molecule has 4 nitrogen and oxygen atoms in total. The lowest BCUT2D eigenvalue weighted by Gasteiger charge is -2.37. The predicted molar refractivity (Wildman–Crippen MR) is 169 cm³/mol. The fourth-order valence-corrected chi connectivity index (χ4v) is 6.68. The van der Waals surface area contributed by atoms with E-state index in [0.717, 1.165) is 34.2 Å². The smallest absolute Gasteiger partial charge is 0.227 e. The molecule has 4 heterocycles. The van der Waals surface area contributed by atoms with Gasteiger partial charge in [0.2, 0.25) is 5.71 Å². The van der Waals surface area contributed by atoms with E-state index in [1.54, 1.807) is 0 Å². The molecule has 4 aromatic carbocycles. The van der Waals surface area contributed by atoms with Crippen LogP contribution in [0.5, 0.6) is 0 Å². The van der Waals surface area contributed by atoms with Crippen LogP contribution in [0.2, 0.25) is 0 Å². The summed E-state index contributed by atoms with van der Waals surface area (Å²) in [5.74, 6) is 0. The number of aromatic nitrogens is 2. The first-order valence-electron chi connectivity index (χ1n) is 14.1. The molecule has 1 unspecified atom stereocenters. The van der Waals surface area contributed by atoms with Crippen LogP contribution in [-0.2, 0) is 0 Å². The summed E-state index contributed by atoms with van der Waals surface area (Å²) in [5.41, 5.74) is 9.87. The molecule has 1 aliphatic heterocycles. The Hall–Kier alpha value is -5.35. The maximum absolute atomic E-state index is 6.26. The molecule has 194 valence electrons. The van der Waals surface area contributed by atoms with Crippen molar-refractivity contribution < 1.29 is 4.42 Å². The Kier molecular flexibility index (Phi) is 4.70. The first-order chi connectivity index (χ1) is 20.3. The lowest BCUT2D eigenvalue weighted by Crippen LogP contribution is -2.31. The van der Waals surface area contributed by atoms with Gasteiger partial charge < -0.3 is 13.9 Å². The van der Waals surface area contributed by atoms with Gasteiger partial charge in [0.15, 0.2) is 0 Å². The molecule has 0 N–H and O–H groups in total. The maximum Gasteiger partial charge on any atom is 0.227 e. The number of anilines is 2. The number of pyridine rings is 1. The van der Waals surface area contributed by atoms with Crippen molar-refractivity contribution in [1.29, 1.82) is 0 Å². The van der Waals surface area contributed by atoms with E-state index < -0.39 is 0 Å². The Bertz CT molecular complexity index is 2210. The van der Waals surface area contributed by atoms with E-state index >= 15 is 0 Å². The SMILES string of the molecule is C1=C2C/C=C\C=C/C1N(c1ccc3oc4ncc(-n5c6ccccc6c6ccccc65)cc4c3c1)c1ccccc12. The van der Waals surface area contributed by atoms with Crippen LogP contribution in [0.15, 0.2) is 138 Å². The zero-order valence-electron chi connectivity index (χ0n) is 22.2. The molecule has 2 bridgehead atoms. The van der Waals surface area contributed by atoms with Gasteiger partial charge in [-0.3, -0.25) is 0 Å². The summed E-state index contributed by atoms with van der Waals surface area (Å²) in [6.07, 6.45) is 14.1. The molecule has 0 spiro atoms. The van der Waals surface area contributed by atoms with Crippen LogP contribution in [-0.4, -0.2) is 15.6 Å². The molecular formula is C37H25N3O. The standard InChI is InChI=1S/C37H25N3O/c1-2-10-24-20-25(11-3-1)39(33-15-7-4-12-28(24)33)26-18-19-36-31(21-26)32-22-27(23-38-37(32)41-36)40-34-16-8-5-13-29(34)30-14-6-9-17-35(30)40/h1-9,11-23,25H,10H2/b2-1-,11-3-. The normalized spacial score (nSPS) is 17.9. The van der Waals surface area contributed by atoms with Gasteiger partial charge in [0, 0.05) is 33.1 Å². The largest absolute Gasteiger partial charge is 0.438 e. The van der Waals surface area contributed by atoms with Crippen molar-refractivity contribution in [3.63, 3.8) is 0 Å². The number of furan rings is 1. The van der Waals surface area contributed by atoms with E-state index in [1.807, 2.05) is 6.20 Å². The fraction of sp³-hybridized carbons (Fsp3) is 0.0541. The van der Waals surface area contributed by atoms with E-state index in [4.69, 9.17) is 9.40 Å². The first kappa shape index (κ1) is 22.5. The van der Waals surface area contributed by atoms with Crippen molar-refractivity contribution in [2.24, 2.45) is 0 Å². The van der Waals surface area contributed by atoms with Crippen LogP contribution in [0.4, 0.5) is 11.4 Å². The van der Waals surface area contributed by atoms with E-state index in [2.05, 4.69) is 137 Å². The third-order valence-electron chi connectivity index (χ3n) is 8.49. The molecule has 0 saturated carbocycles. The van der Waals surface area contributed by atoms with Crippen molar-refractivity contribution in [1.82, 2.24) is 9.55 Å². The second-order valence-electron chi connectivity index (χ2n) is 10.8. The first-order valence-corrected chi connectivity index (χ1v) is 14.1. The highest BCUT2D eigenvalue weighted by Gasteiger charge is 2.27. The number of rotatable bonds is 2. The van der Waals surface area contributed by atoms with E-state index in [-0.39, 0.29) is 6.04 Å². The average molecular weight is 528 g/mol. The molecule has 0 radical (unpaired) electrons. The Morgan fingerprint density at radius 2 is 1.46 bits per heavy atom. The molecule has 3 aromatic heterocycles. The zero-order chi connectivity index (χ0) is 26.9. The van der Waals surface area contributed by atoms with Crippen molar-refractivity contribution in [2.75, 3.05) is 4.90 Å². The summed E-state index contributed by atoms with van der Waals surface area (Å²) in [6, 6.07) is 34.7. The summed E-state index contributed by atoms with van der Waals surface area (Å²) in [4.78, 5) is 7.24. The van der Waals surface area contributed by atoms with Gasteiger partial charge in [-0.05, 0) is 54.5 Å². The molecule has 0 amide bonds. The van der Waals surface area contributed by atoms with Crippen molar-refractivity contribution >= 4 is 60.8 Å². The van der Waals surface area contributed by atoms with Crippen molar-refractivity contribution in [2.45, 2.75) is 12.5 Å². The van der Waals surface area contributed by atoms with Gasteiger partial charge in [-0.1, -0.05) is 85.0 Å². The number of para-hydroxylation sites is 3. The molecule has 1 aliphatic carbocycles. The Labute approximate surface area is 236 Å². The third-order valence-corrected chi connectivity index (χ3v) is 8.49. The molecule has 0 fully saturated rings. The molecule has 1 atom stereocenters. The van der Waals surface area contributed by atoms with E-state index in [0.29, 0.717) is 5.71 Å². The lowest BCUT2D eigenvalue weighted by molar-refractivity contribution is 0.654. The van der Waals surface area contributed by atoms with Crippen LogP contribution < -0.4 is 4.90 Å². The summed E-state index contributed by atoms with van der Waals surface area (Å²) >= 11 is 0. The second kappa shape index (κ2) is 8.57. The number of hydrogen-bond donors (Lipinski definition) is 0. The predicted octanol–water partition coefficient (Wildman–Crippen LogP) is 9.50. The van der Waals surface area contributed by atoms with Gasteiger partial charge in [-0.15, -0.1) is 0 Å². The maximum atomic E-state index is 6.26. The zero-order valence-corrected chi connectivity index (χ0v) is 22.2. The number of benzene rings is 4. The highest BCUT2D eigenvalue weighted by molar-refractivity contribution is 6.10. The highest BCUT2D eigenvalue weighted by Crippen LogP contribution is 2.43. The summed E-state index contributed by atoms with van der Waals surface area (Å²) < 4.78 is 8.56. The third kappa shape index (κ3) is 3.31. The van der Waals surface area contributed by atoms with Crippen molar-refractivity contribution in [3.05, 3.63) is 139 Å². The van der Waals surface area contributed by atoms with Crippen molar-refractivity contribution in [3.8, 4) is 5.69 Å². The van der Waals surface area contributed by atoms with Gasteiger partial charge in [0.05, 0.1) is 34.3 Å². The lowest BCUT2D eigenvalue weighted by atomic mass is 9.91. The molecule has 41 heavy (non-hydrogen) atoms. The van der Waals surface area contributed by atoms with Crippen LogP contribution in [0, 0.1) is 0 Å². The minimum atomic E-state index is 0.131. The van der Waals surface area contributed by atoms with E-state index in [1.165, 1.54) is 38.6 Å². The Morgan fingerprint density at radius 3 is 2.32 bits per heavy atom. The van der Waals surface area contributed by atoms with Crippen LogP contribution in [0.1, 0.15) is 12.0 Å². The van der Waals surface area contributed by atoms with Crippen LogP contribution in [0.25, 0.3) is 55.1 Å². The number of nitrogens with zero attached hydrogens (tertiary/aromatic N) is 3. The Balaban J connectivity index is 1.25. The minimum absolute atomic E-state index is 0.131. The molecule has 2 aliphatic rings. The minimum Gasteiger partial charge on any atom is -0.438 e.